The number of amides is 1. The van der Waals surface area contributed by atoms with Crippen molar-refractivity contribution in [1.29, 1.82) is 0 Å². The zero-order valence-electron chi connectivity index (χ0n) is 18.4. The molecule has 0 aliphatic heterocycles. The molecule has 0 bridgehead atoms. The summed E-state index contributed by atoms with van der Waals surface area (Å²) in [5.74, 6) is 1.22. The van der Waals surface area contributed by atoms with Gasteiger partial charge in [-0.25, -0.2) is 9.97 Å². The first-order chi connectivity index (χ1) is 15.5. The van der Waals surface area contributed by atoms with Crippen LogP contribution in [0.4, 0.5) is 5.13 Å². The molecule has 8 heteroatoms. The fraction of sp³-hybridized carbons (Fsp3) is 0.292. The molecular formula is C24H26N4O2S2. The lowest BCUT2D eigenvalue weighted by atomic mass is 10.1. The normalized spacial score (nSPS) is 11.1. The number of imidazole rings is 1. The highest BCUT2D eigenvalue weighted by atomic mass is 32.2. The molecule has 166 valence electrons. The lowest BCUT2D eigenvalue weighted by Crippen LogP contribution is -2.33. The van der Waals surface area contributed by atoms with Gasteiger partial charge in [-0.05, 0) is 61.7 Å². The summed E-state index contributed by atoms with van der Waals surface area (Å²) in [6, 6.07) is 12.1. The van der Waals surface area contributed by atoms with Gasteiger partial charge in [-0.1, -0.05) is 17.4 Å². The Hall–Kier alpha value is -2.84. The molecule has 0 aliphatic carbocycles. The Balaban J connectivity index is 1.52. The molecule has 0 N–H and O–H groups in total. The molecule has 0 atom stereocenters. The average molecular weight is 467 g/mol. The quantitative estimate of drug-likeness (QED) is 0.312. The van der Waals surface area contributed by atoms with Gasteiger partial charge in [-0.3, -0.25) is 9.69 Å². The van der Waals surface area contributed by atoms with E-state index in [0.717, 1.165) is 44.5 Å². The molecule has 0 aliphatic rings. The van der Waals surface area contributed by atoms with Gasteiger partial charge < -0.3 is 9.30 Å². The van der Waals surface area contributed by atoms with E-state index in [9.17, 15) is 4.79 Å². The molecule has 32 heavy (non-hydrogen) atoms. The van der Waals surface area contributed by atoms with E-state index < -0.39 is 0 Å². The molecule has 0 saturated carbocycles. The Bertz CT molecular complexity index is 1190. The number of hydrogen-bond acceptors (Lipinski definition) is 6. The summed E-state index contributed by atoms with van der Waals surface area (Å²) >= 11 is 3.11. The van der Waals surface area contributed by atoms with E-state index in [1.165, 1.54) is 17.3 Å². The predicted octanol–water partition coefficient (Wildman–Crippen LogP) is 5.33. The van der Waals surface area contributed by atoms with Gasteiger partial charge in [0.15, 0.2) is 5.13 Å². The lowest BCUT2D eigenvalue weighted by molar-refractivity contribution is -0.116. The second-order valence-corrected chi connectivity index (χ2v) is 9.65. The highest BCUT2D eigenvalue weighted by Crippen LogP contribution is 2.32. The van der Waals surface area contributed by atoms with Crippen molar-refractivity contribution in [1.82, 2.24) is 14.5 Å². The molecule has 0 unspecified atom stereocenters. The molecule has 0 radical (unpaired) electrons. The van der Waals surface area contributed by atoms with Gasteiger partial charge in [0, 0.05) is 30.4 Å². The Morgan fingerprint density at radius 2 is 2.03 bits per heavy atom. The van der Waals surface area contributed by atoms with Gasteiger partial charge in [0.25, 0.3) is 0 Å². The SMILES string of the molecule is COc1ccc(SCC(=O)N(CCCn2ccnc2)c2nc3c(C)cc(C)cc3s2)cc1. The third-order valence-electron chi connectivity index (χ3n) is 5.13. The molecule has 6 nitrogen and oxygen atoms in total. The number of fused-ring (bicyclic) bond motifs is 1. The zero-order valence-corrected chi connectivity index (χ0v) is 20.1. The molecular weight excluding hydrogens is 440 g/mol. The van der Waals surface area contributed by atoms with E-state index in [0.29, 0.717) is 12.3 Å². The van der Waals surface area contributed by atoms with Crippen LogP contribution < -0.4 is 9.64 Å². The van der Waals surface area contributed by atoms with Crippen molar-refractivity contribution in [2.75, 3.05) is 24.3 Å². The van der Waals surface area contributed by atoms with E-state index in [-0.39, 0.29) is 5.91 Å². The van der Waals surface area contributed by atoms with Crippen LogP contribution >= 0.6 is 23.1 Å². The maximum Gasteiger partial charge on any atom is 0.239 e. The van der Waals surface area contributed by atoms with Crippen molar-refractivity contribution in [3.63, 3.8) is 0 Å². The fourth-order valence-electron chi connectivity index (χ4n) is 3.53. The lowest BCUT2D eigenvalue weighted by Gasteiger charge is -2.20. The highest BCUT2D eigenvalue weighted by molar-refractivity contribution is 8.00. The molecule has 4 aromatic rings. The molecule has 2 aromatic carbocycles. The maximum atomic E-state index is 13.3. The molecule has 1 amide bonds. The summed E-state index contributed by atoms with van der Waals surface area (Å²) in [4.78, 5) is 25.1. The molecule has 4 rings (SSSR count). The third kappa shape index (κ3) is 5.31. The summed E-state index contributed by atoms with van der Waals surface area (Å²) in [6.45, 7) is 5.57. The number of aryl methyl sites for hydroxylation is 3. The number of aromatic nitrogens is 3. The zero-order chi connectivity index (χ0) is 22.5. The average Bonchev–Trinajstić information content (AvgIpc) is 3.45. The number of ether oxygens (including phenoxy) is 1. The van der Waals surface area contributed by atoms with Crippen molar-refractivity contribution in [3.05, 3.63) is 66.2 Å². The van der Waals surface area contributed by atoms with Gasteiger partial charge >= 0.3 is 0 Å². The fourth-order valence-corrected chi connectivity index (χ4v) is 5.49. The molecule has 2 heterocycles. The number of anilines is 1. The first-order valence-electron chi connectivity index (χ1n) is 10.4. The van der Waals surface area contributed by atoms with Crippen molar-refractivity contribution in [3.8, 4) is 5.75 Å². The summed E-state index contributed by atoms with van der Waals surface area (Å²) in [7, 11) is 1.65. The number of nitrogens with zero attached hydrogens (tertiary/aromatic N) is 4. The highest BCUT2D eigenvalue weighted by Gasteiger charge is 2.20. The number of carbonyl (C=O) groups excluding carboxylic acids is 1. The minimum absolute atomic E-state index is 0.0601. The summed E-state index contributed by atoms with van der Waals surface area (Å²) < 4.78 is 8.36. The van der Waals surface area contributed by atoms with Crippen molar-refractivity contribution >= 4 is 44.4 Å². The van der Waals surface area contributed by atoms with E-state index >= 15 is 0 Å². The molecule has 0 spiro atoms. The van der Waals surface area contributed by atoms with Crippen LogP contribution in [0.2, 0.25) is 0 Å². The number of hydrogen-bond donors (Lipinski definition) is 0. The van der Waals surface area contributed by atoms with Crippen LogP contribution in [0, 0.1) is 13.8 Å². The first kappa shape index (κ1) is 22.4. The number of methoxy groups -OCH3 is 1. The summed E-state index contributed by atoms with van der Waals surface area (Å²) in [5, 5.41) is 0.764. The molecule has 2 aromatic heterocycles. The number of carbonyl (C=O) groups is 1. The van der Waals surface area contributed by atoms with Gasteiger partial charge in [0.2, 0.25) is 5.91 Å². The Labute approximate surface area is 196 Å². The van der Waals surface area contributed by atoms with Crippen LogP contribution in [-0.4, -0.2) is 39.8 Å². The largest absolute Gasteiger partial charge is 0.497 e. The van der Waals surface area contributed by atoms with Crippen LogP contribution in [-0.2, 0) is 11.3 Å². The predicted molar refractivity (Wildman–Crippen MR) is 132 cm³/mol. The Kier molecular flexibility index (Phi) is 7.12. The monoisotopic (exact) mass is 466 g/mol. The Morgan fingerprint density at radius 1 is 1.22 bits per heavy atom. The van der Waals surface area contributed by atoms with E-state index in [4.69, 9.17) is 9.72 Å². The van der Waals surface area contributed by atoms with Gasteiger partial charge in [-0.2, -0.15) is 0 Å². The van der Waals surface area contributed by atoms with Crippen LogP contribution in [0.1, 0.15) is 17.5 Å². The van der Waals surface area contributed by atoms with Crippen molar-refractivity contribution in [2.45, 2.75) is 31.7 Å². The number of thiazole rings is 1. The van der Waals surface area contributed by atoms with Gasteiger partial charge in [-0.15, -0.1) is 11.8 Å². The van der Waals surface area contributed by atoms with Gasteiger partial charge in [0.1, 0.15) is 5.75 Å². The van der Waals surface area contributed by atoms with Crippen LogP contribution in [0.25, 0.3) is 10.2 Å². The standard InChI is InChI=1S/C24H26N4O2S2/c1-17-13-18(2)23-21(14-17)32-24(26-23)28(11-4-10-27-12-9-25-16-27)22(29)15-31-20-7-5-19(30-3)6-8-20/h5-9,12-14,16H,4,10-11,15H2,1-3H3. The second-order valence-electron chi connectivity index (χ2n) is 7.59. The van der Waals surface area contributed by atoms with Crippen molar-refractivity contribution < 1.29 is 9.53 Å². The number of benzene rings is 2. The minimum atomic E-state index is 0.0601. The van der Waals surface area contributed by atoms with Gasteiger partial charge in [0.05, 0.1) is 29.4 Å². The van der Waals surface area contributed by atoms with E-state index in [1.807, 2.05) is 39.9 Å². The third-order valence-corrected chi connectivity index (χ3v) is 7.15. The Morgan fingerprint density at radius 3 is 2.75 bits per heavy atom. The molecule has 0 fully saturated rings. The maximum absolute atomic E-state index is 13.3. The van der Waals surface area contributed by atoms with Crippen molar-refractivity contribution in [2.24, 2.45) is 0 Å². The van der Waals surface area contributed by atoms with E-state index in [1.54, 1.807) is 31.0 Å². The van der Waals surface area contributed by atoms with Crippen LogP contribution in [0.15, 0.2) is 60.0 Å². The molecule has 0 saturated heterocycles. The van der Waals surface area contributed by atoms with Crippen LogP contribution in [0.3, 0.4) is 0 Å². The first-order valence-corrected chi connectivity index (χ1v) is 12.2. The summed E-state index contributed by atoms with van der Waals surface area (Å²) in [6.07, 6.45) is 6.33. The summed E-state index contributed by atoms with van der Waals surface area (Å²) in [5.41, 5.74) is 3.32. The second kappa shape index (κ2) is 10.2. The smallest absolute Gasteiger partial charge is 0.239 e. The van der Waals surface area contributed by atoms with Crippen LogP contribution in [0.5, 0.6) is 5.75 Å². The van der Waals surface area contributed by atoms with E-state index in [2.05, 4.69) is 31.0 Å². The minimum Gasteiger partial charge on any atom is -0.497 e. The topological polar surface area (TPSA) is 60.2 Å². The number of thioether (sulfide) groups is 1. The number of rotatable bonds is 9.